The molecule has 0 unspecified atom stereocenters. The highest BCUT2D eigenvalue weighted by Crippen LogP contribution is 2.31. The molecule has 0 saturated heterocycles. The van der Waals surface area contributed by atoms with E-state index in [1.807, 2.05) is 13.8 Å². The van der Waals surface area contributed by atoms with Gasteiger partial charge in [-0.2, -0.15) is 0 Å². The van der Waals surface area contributed by atoms with Crippen molar-refractivity contribution in [1.29, 1.82) is 0 Å². The van der Waals surface area contributed by atoms with Crippen LogP contribution in [0.5, 0.6) is 11.5 Å². The number of nitrogens with one attached hydrogen (secondary N) is 1. The third-order valence-electron chi connectivity index (χ3n) is 4.18. The lowest BCUT2D eigenvalue weighted by atomic mass is 10.2. The molecule has 0 saturated carbocycles. The molecule has 2 amide bonds. The fourth-order valence-corrected chi connectivity index (χ4v) is 2.62. The molecular weight excluding hydrogens is 378 g/mol. The average Bonchev–Trinajstić information content (AvgIpc) is 2.73. The Hall–Kier alpha value is -3.62. The predicted molar refractivity (Wildman–Crippen MR) is 107 cm³/mol. The number of nitrogens with zero attached hydrogens (tertiary/aromatic N) is 2. The van der Waals surface area contributed by atoms with E-state index in [0.717, 1.165) is 0 Å². The standard InChI is InChI=1S/C20H23N3O6/c1-4-22(5-2)20(25)14-6-8-15(9-7-14)21-19(24)13-29-18-12-16(23(26)27)10-11-17(18)28-3/h6-12H,4-5,13H2,1-3H3,(H,21,24). The van der Waals surface area contributed by atoms with Gasteiger partial charge in [0.05, 0.1) is 18.1 Å². The maximum absolute atomic E-state index is 12.3. The molecule has 0 aliphatic carbocycles. The van der Waals surface area contributed by atoms with Crippen molar-refractivity contribution in [3.63, 3.8) is 0 Å². The van der Waals surface area contributed by atoms with Crippen molar-refractivity contribution in [1.82, 2.24) is 4.90 Å². The Morgan fingerprint density at radius 3 is 2.28 bits per heavy atom. The highest BCUT2D eigenvalue weighted by molar-refractivity contribution is 5.96. The number of carbonyl (C=O) groups excluding carboxylic acids is 2. The summed E-state index contributed by atoms with van der Waals surface area (Å²) in [6, 6.07) is 10.4. The number of nitro benzene ring substituents is 1. The van der Waals surface area contributed by atoms with Gasteiger partial charge in [-0.25, -0.2) is 0 Å². The molecule has 29 heavy (non-hydrogen) atoms. The van der Waals surface area contributed by atoms with Crippen molar-refractivity contribution in [3.05, 3.63) is 58.1 Å². The summed E-state index contributed by atoms with van der Waals surface area (Å²) in [5.41, 5.74) is 0.861. The maximum atomic E-state index is 12.3. The normalized spacial score (nSPS) is 10.2. The summed E-state index contributed by atoms with van der Waals surface area (Å²) in [5, 5.41) is 13.5. The fourth-order valence-electron chi connectivity index (χ4n) is 2.62. The SMILES string of the molecule is CCN(CC)C(=O)c1ccc(NC(=O)COc2cc([N+](=O)[O-])ccc2OC)cc1. The number of anilines is 1. The smallest absolute Gasteiger partial charge is 0.273 e. The van der Waals surface area contributed by atoms with Crippen LogP contribution in [0, 0.1) is 10.1 Å². The molecule has 2 aromatic rings. The van der Waals surface area contributed by atoms with E-state index in [0.29, 0.717) is 24.3 Å². The van der Waals surface area contributed by atoms with Crippen molar-refractivity contribution >= 4 is 23.2 Å². The van der Waals surface area contributed by atoms with E-state index >= 15 is 0 Å². The summed E-state index contributed by atoms with van der Waals surface area (Å²) in [5.74, 6) is -0.157. The van der Waals surface area contributed by atoms with E-state index in [1.54, 1.807) is 29.2 Å². The first kappa shape index (κ1) is 21.7. The first-order valence-electron chi connectivity index (χ1n) is 9.04. The van der Waals surface area contributed by atoms with Gasteiger partial charge in [-0.1, -0.05) is 0 Å². The van der Waals surface area contributed by atoms with Crippen molar-refractivity contribution in [2.75, 3.05) is 32.1 Å². The molecule has 9 nitrogen and oxygen atoms in total. The van der Waals surface area contributed by atoms with Gasteiger partial charge in [0.15, 0.2) is 18.1 Å². The third kappa shape index (κ3) is 5.68. The molecule has 9 heteroatoms. The molecule has 2 aromatic carbocycles. The van der Waals surface area contributed by atoms with Crippen LogP contribution < -0.4 is 14.8 Å². The van der Waals surface area contributed by atoms with Crippen LogP contribution in [0.4, 0.5) is 11.4 Å². The van der Waals surface area contributed by atoms with Gasteiger partial charge < -0.3 is 19.7 Å². The van der Waals surface area contributed by atoms with E-state index in [-0.39, 0.29) is 29.7 Å². The van der Waals surface area contributed by atoms with Crippen molar-refractivity contribution in [2.24, 2.45) is 0 Å². The minimum Gasteiger partial charge on any atom is -0.493 e. The van der Waals surface area contributed by atoms with Gasteiger partial charge in [0.2, 0.25) is 0 Å². The Bertz CT molecular complexity index is 878. The van der Waals surface area contributed by atoms with Gasteiger partial charge in [-0.05, 0) is 44.2 Å². The Morgan fingerprint density at radius 2 is 1.72 bits per heavy atom. The number of benzene rings is 2. The van der Waals surface area contributed by atoms with Crippen molar-refractivity contribution in [3.8, 4) is 11.5 Å². The van der Waals surface area contributed by atoms with Crippen LogP contribution in [0.25, 0.3) is 0 Å². The van der Waals surface area contributed by atoms with Crippen LogP contribution in [0.1, 0.15) is 24.2 Å². The van der Waals surface area contributed by atoms with E-state index < -0.39 is 10.8 Å². The summed E-state index contributed by atoms with van der Waals surface area (Å²) >= 11 is 0. The molecule has 0 bridgehead atoms. The minimum absolute atomic E-state index is 0.0750. The quantitative estimate of drug-likeness (QED) is 0.510. The number of carbonyl (C=O) groups is 2. The molecule has 0 aliphatic heterocycles. The zero-order chi connectivity index (χ0) is 21.4. The van der Waals surface area contributed by atoms with Gasteiger partial charge in [0.25, 0.3) is 17.5 Å². The molecule has 154 valence electrons. The molecule has 1 N–H and O–H groups in total. The summed E-state index contributed by atoms with van der Waals surface area (Å²) < 4.78 is 10.5. The molecule has 0 spiro atoms. The number of methoxy groups -OCH3 is 1. The number of rotatable bonds is 9. The monoisotopic (exact) mass is 401 g/mol. The van der Waals surface area contributed by atoms with Crippen molar-refractivity contribution < 1.29 is 24.0 Å². The van der Waals surface area contributed by atoms with E-state index in [2.05, 4.69) is 5.32 Å². The number of amides is 2. The predicted octanol–water partition coefficient (Wildman–Crippen LogP) is 3.10. The van der Waals surface area contributed by atoms with Crippen LogP contribution in [0.15, 0.2) is 42.5 Å². The van der Waals surface area contributed by atoms with Crippen LogP contribution in [0.2, 0.25) is 0 Å². The highest BCUT2D eigenvalue weighted by atomic mass is 16.6. The summed E-state index contributed by atoms with van der Waals surface area (Å²) in [4.78, 5) is 36.5. The number of nitro groups is 1. The number of hydrogen-bond acceptors (Lipinski definition) is 6. The second kappa shape index (κ2) is 10.1. The average molecular weight is 401 g/mol. The lowest BCUT2D eigenvalue weighted by molar-refractivity contribution is -0.385. The lowest BCUT2D eigenvalue weighted by Gasteiger charge is -2.18. The van der Waals surface area contributed by atoms with E-state index in [1.165, 1.54) is 25.3 Å². The summed E-state index contributed by atoms with van der Waals surface area (Å²) in [6.07, 6.45) is 0. The first-order chi connectivity index (χ1) is 13.9. The van der Waals surface area contributed by atoms with Gasteiger partial charge in [0.1, 0.15) is 0 Å². The molecule has 0 radical (unpaired) electrons. The van der Waals surface area contributed by atoms with Crippen LogP contribution >= 0.6 is 0 Å². The summed E-state index contributed by atoms with van der Waals surface area (Å²) in [6.45, 7) is 4.69. The van der Waals surface area contributed by atoms with Crippen molar-refractivity contribution in [2.45, 2.75) is 13.8 Å². The Balaban J connectivity index is 1.99. The minimum atomic E-state index is -0.562. The van der Waals surface area contributed by atoms with E-state index in [9.17, 15) is 19.7 Å². The second-order valence-corrected chi connectivity index (χ2v) is 5.98. The topological polar surface area (TPSA) is 111 Å². The molecule has 0 aromatic heterocycles. The molecule has 0 heterocycles. The number of non-ortho nitro benzene ring substituents is 1. The molecule has 0 aliphatic rings. The Kier molecular flexibility index (Phi) is 7.53. The summed E-state index contributed by atoms with van der Waals surface area (Å²) in [7, 11) is 1.40. The van der Waals surface area contributed by atoms with Crippen LogP contribution in [-0.4, -0.2) is 48.4 Å². The molecule has 0 atom stereocenters. The van der Waals surface area contributed by atoms with E-state index in [4.69, 9.17) is 9.47 Å². The van der Waals surface area contributed by atoms with Crippen LogP contribution in [0.3, 0.4) is 0 Å². The molecule has 2 rings (SSSR count). The lowest BCUT2D eigenvalue weighted by Crippen LogP contribution is -2.30. The molecule has 0 fully saturated rings. The highest BCUT2D eigenvalue weighted by Gasteiger charge is 2.15. The fraction of sp³-hybridized carbons (Fsp3) is 0.300. The first-order valence-corrected chi connectivity index (χ1v) is 9.04. The van der Waals surface area contributed by atoms with Gasteiger partial charge in [-0.3, -0.25) is 19.7 Å². The largest absolute Gasteiger partial charge is 0.493 e. The number of hydrogen-bond donors (Lipinski definition) is 1. The third-order valence-corrected chi connectivity index (χ3v) is 4.18. The maximum Gasteiger partial charge on any atom is 0.273 e. The van der Waals surface area contributed by atoms with Gasteiger partial charge in [0, 0.05) is 30.4 Å². The van der Waals surface area contributed by atoms with Crippen LogP contribution in [-0.2, 0) is 4.79 Å². The number of ether oxygens (including phenoxy) is 2. The van der Waals surface area contributed by atoms with Gasteiger partial charge in [-0.15, -0.1) is 0 Å². The zero-order valence-electron chi connectivity index (χ0n) is 16.5. The Morgan fingerprint density at radius 1 is 1.07 bits per heavy atom. The van der Waals surface area contributed by atoms with Gasteiger partial charge >= 0.3 is 0 Å². The molecular formula is C20H23N3O6. The second-order valence-electron chi connectivity index (χ2n) is 5.98. The zero-order valence-corrected chi connectivity index (χ0v) is 16.5. The Labute approximate surface area is 168 Å².